The van der Waals surface area contributed by atoms with Crippen LogP contribution in [0.15, 0.2) is 60.8 Å². The number of nitrogens with zero attached hydrogens (tertiary/aromatic N) is 2. The summed E-state index contributed by atoms with van der Waals surface area (Å²) in [5.41, 5.74) is 2.60. The number of rotatable bonds is 6. The van der Waals surface area contributed by atoms with Gasteiger partial charge in [-0.05, 0) is 35.4 Å². The van der Waals surface area contributed by atoms with Gasteiger partial charge in [0.2, 0.25) is 10.0 Å². The third-order valence-corrected chi connectivity index (χ3v) is 6.71. The Kier molecular flexibility index (Phi) is 5.80. The first-order valence-corrected chi connectivity index (χ1v) is 11.3. The van der Waals surface area contributed by atoms with Crippen LogP contribution in [0.2, 0.25) is 0 Å². The Bertz CT molecular complexity index is 1110. The molecular weight excluding hydrogens is 389 g/mol. The van der Waals surface area contributed by atoms with E-state index in [0.717, 1.165) is 49.2 Å². The Morgan fingerprint density at radius 2 is 1.79 bits per heavy atom. The largest absolute Gasteiger partial charge is 0.314 e. The molecule has 3 aromatic rings. The molecule has 0 radical (unpaired) electrons. The Hall–Kier alpha value is -2.48. The molecule has 7 heteroatoms. The number of aromatic nitrogens is 1. The molecular formula is C22H24FN3O2S. The third kappa shape index (κ3) is 4.58. The van der Waals surface area contributed by atoms with Gasteiger partial charge in [0.05, 0.1) is 11.3 Å². The lowest BCUT2D eigenvalue weighted by Gasteiger charge is -2.27. The maximum Gasteiger partial charge on any atom is 0.242 e. The molecule has 1 aliphatic heterocycles. The highest BCUT2D eigenvalue weighted by Crippen LogP contribution is 2.23. The smallest absolute Gasteiger partial charge is 0.242 e. The van der Waals surface area contributed by atoms with Crippen molar-refractivity contribution in [1.82, 2.24) is 14.2 Å². The van der Waals surface area contributed by atoms with Crippen molar-refractivity contribution in [2.75, 3.05) is 31.9 Å². The summed E-state index contributed by atoms with van der Waals surface area (Å²) in [4.78, 5) is 2.38. The number of benzene rings is 2. The average Bonchev–Trinajstić information content (AvgIpc) is 3.16. The second kappa shape index (κ2) is 8.49. The van der Waals surface area contributed by atoms with E-state index in [1.54, 1.807) is 30.5 Å². The number of hydrogen-bond donors (Lipinski definition) is 1. The summed E-state index contributed by atoms with van der Waals surface area (Å²) in [6.07, 6.45) is 4.92. The molecule has 0 spiro atoms. The van der Waals surface area contributed by atoms with Gasteiger partial charge in [0.15, 0.2) is 0 Å². The molecule has 0 saturated carbocycles. The highest BCUT2D eigenvalue weighted by molar-refractivity contribution is 7.90. The van der Waals surface area contributed by atoms with Crippen LogP contribution in [0.3, 0.4) is 0 Å². The van der Waals surface area contributed by atoms with E-state index < -0.39 is 10.0 Å². The van der Waals surface area contributed by atoms with Gasteiger partial charge in [0, 0.05) is 44.3 Å². The van der Waals surface area contributed by atoms with Crippen LogP contribution in [0.5, 0.6) is 0 Å². The predicted octanol–water partition coefficient (Wildman–Crippen LogP) is 3.08. The Morgan fingerprint density at radius 3 is 2.55 bits per heavy atom. The van der Waals surface area contributed by atoms with Crippen molar-refractivity contribution in [3.8, 4) is 0 Å². The second-order valence-electron chi connectivity index (χ2n) is 7.22. The van der Waals surface area contributed by atoms with E-state index >= 15 is 0 Å². The number of hydrogen-bond acceptors (Lipinski definition) is 4. The first-order chi connectivity index (χ1) is 14.0. The lowest BCUT2D eigenvalue weighted by Crippen LogP contribution is -2.42. The zero-order chi connectivity index (χ0) is 20.3. The molecule has 1 fully saturated rings. The van der Waals surface area contributed by atoms with Gasteiger partial charge in [-0.15, -0.1) is 0 Å². The first-order valence-electron chi connectivity index (χ1n) is 9.70. The van der Waals surface area contributed by atoms with Crippen LogP contribution in [0.25, 0.3) is 17.0 Å². The zero-order valence-electron chi connectivity index (χ0n) is 16.1. The van der Waals surface area contributed by atoms with Crippen molar-refractivity contribution in [2.24, 2.45) is 0 Å². The summed E-state index contributed by atoms with van der Waals surface area (Å²) in [7, 11) is -3.54. The van der Waals surface area contributed by atoms with Crippen LogP contribution in [-0.2, 0) is 16.6 Å². The van der Waals surface area contributed by atoms with E-state index in [1.165, 1.54) is 16.1 Å². The number of nitrogens with one attached hydrogen (secondary N) is 1. The second-order valence-corrected chi connectivity index (χ2v) is 9.11. The summed E-state index contributed by atoms with van der Waals surface area (Å²) >= 11 is 0. The predicted molar refractivity (Wildman–Crippen MR) is 115 cm³/mol. The van der Waals surface area contributed by atoms with Crippen LogP contribution >= 0.6 is 0 Å². The molecule has 29 heavy (non-hydrogen) atoms. The summed E-state index contributed by atoms with van der Waals surface area (Å²) < 4.78 is 40.1. The molecule has 152 valence electrons. The van der Waals surface area contributed by atoms with Crippen LogP contribution < -0.4 is 5.32 Å². The van der Waals surface area contributed by atoms with Gasteiger partial charge in [-0.1, -0.05) is 36.4 Å². The van der Waals surface area contributed by atoms with E-state index in [1.807, 2.05) is 18.2 Å². The molecule has 0 bridgehead atoms. The SMILES string of the molecule is O=S(=O)(CC=Cc1ccc(F)cc1)n1ccc2c(CN3CCNCC3)cccc21. The summed E-state index contributed by atoms with van der Waals surface area (Å²) in [6, 6.07) is 13.7. The molecule has 0 amide bonds. The topological polar surface area (TPSA) is 54.3 Å². The normalized spacial score (nSPS) is 16.0. The lowest BCUT2D eigenvalue weighted by molar-refractivity contribution is 0.234. The first kappa shape index (κ1) is 19.8. The molecule has 2 heterocycles. The third-order valence-electron chi connectivity index (χ3n) is 5.18. The lowest BCUT2D eigenvalue weighted by atomic mass is 10.1. The minimum Gasteiger partial charge on any atom is -0.314 e. The summed E-state index contributed by atoms with van der Waals surface area (Å²) in [5, 5.41) is 4.32. The van der Waals surface area contributed by atoms with Crippen molar-refractivity contribution in [3.05, 3.63) is 77.7 Å². The molecule has 0 aliphatic carbocycles. The van der Waals surface area contributed by atoms with Crippen molar-refractivity contribution < 1.29 is 12.8 Å². The summed E-state index contributed by atoms with van der Waals surface area (Å²) in [6.45, 7) is 4.75. The van der Waals surface area contributed by atoms with E-state index in [4.69, 9.17) is 0 Å². The fraction of sp³-hybridized carbons (Fsp3) is 0.273. The van der Waals surface area contributed by atoms with Gasteiger partial charge in [0.25, 0.3) is 0 Å². The molecule has 0 unspecified atom stereocenters. The van der Waals surface area contributed by atoms with Crippen LogP contribution in [0, 0.1) is 5.82 Å². The van der Waals surface area contributed by atoms with Crippen molar-refractivity contribution >= 4 is 27.0 Å². The maximum absolute atomic E-state index is 13.0. The highest BCUT2D eigenvalue weighted by atomic mass is 32.2. The standard InChI is InChI=1S/C22H24FN3O2S/c23-20-8-6-18(7-9-20)3-2-16-29(27,28)26-13-10-21-19(4-1-5-22(21)26)17-25-14-11-24-12-15-25/h1-10,13,24H,11-12,14-17H2. The minimum absolute atomic E-state index is 0.129. The maximum atomic E-state index is 13.0. The number of piperazine rings is 1. The van der Waals surface area contributed by atoms with Crippen molar-refractivity contribution in [1.29, 1.82) is 0 Å². The van der Waals surface area contributed by atoms with Crippen molar-refractivity contribution in [3.63, 3.8) is 0 Å². The van der Waals surface area contributed by atoms with E-state index in [-0.39, 0.29) is 11.6 Å². The fourth-order valence-electron chi connectivity index (χ4n) is 3.66. The number of fused-ring (bicyclic) bond motifs is 1. The molecule has 4 rings (SSSR count). The highest BCUT2D eigenvalue weighted by Gasteiger charge is 2.17. The Balaban J connectivity index is 1.54. The van der Waals surface area contributed by atoms with Gasteiger partial charge >= 0.3 is 0 Å². The number of halogens is 1. The molecule has 0 atom stereocenters. The Labute approximate surface area is 170 Å². The Morgan fingerprint density at radius 1 is 1.03 bits per heavy atom. The van der Waals surface area contributed by atoms with Crippen LogP contribution in [-0.4, -0.2) is 49.2 Å². The molecule has 2 aromatic carbocycles. The molecule has 1 N–H and O–H groups in total. The summed E-state index contributed by atoms with van der Waals surface area (Å²) in [5.74, 6) is -0.443. The molecule has 1 aromatic heterocycles. The molecule has 1 aliphatic rings. The zero-order valence-corrected chi connectivity index (χ0v) is 16.9. The van der Waals surface area contributed by atoms with Gasteiger partial charge in [-0.2, -0.15) is 0 Å². The minimum atomic E-state index is -3.54. The molecule has 1 saturated heterocycles. The van der Waals surface area contributed by atoms with E-state index in [2.05, 4.69) is 16.3 Å². The van der Waals surface area contributed by atoms with Gasteiger partial charge in [0.1, 0.15) is 5.82 Å². The molecule has 5 nitrogen and oxygen atoms in total. The van der Waals surface area contributed by atoms with Crippen LogP contribution in [0.4, 0.5) is 4.39 Å². The van der Waals surface area contributed by atoms with Crippen LogP contribution in [0.1, 0.15) is 11.1 Å². The quantitative estimate of drug-likeness (QED) is 0.675. The van der Waals surface area contributed by atoms with E-state index in [9.17, 15) is 12.8 Å². The van der Waals surface area contributed by atoms with Gasteiger partial charge in [-0.25, -0.2) is 16.8 Å². The average molecular weight is 414 g/mol. The van der Waals surface area contributed by atoms with Crippen molar-refractivity contribution in [2.45, 2.75) is 6.54 Å². The monoisotopic (exact) mass is 413 g/mol. The van der Waals surface area contributed by atoms with Gasteiger partial charge < -0.3 is 5.32 Å². The van der Waals surface area contributed by atoms with Gasteiger partial charge in [-0.3, -0.25) is 4.90 Å². The fourth-order valence-corrected chi connectivity index (χ4v) is 4.86. The van der Waals surface area contributed by atoms with E-state index in [0.29, 0.717) is 5.52 Å².